The number of hydrogen-bond acceptors (Lipinski definition) is 5. The van der Waals surface area contributed by atoms with E-state index in [4.69, 9.17) is 4.74 Å². The molecule has 2 aliphatic carbocycles. The predicted molar refractivity (Wildman–Crippen MR) is 104 cm³/mol. The maximum absolute atomic E-state index is 12.6. The third kappa shape index (κ3) is 4.90. The fraction of sp³-hybridized carbons (Fsp3) is 0.800. The molecule has 3 rings (SSSR count). The van der Waals surface area contributed by atoms with Crippen LogP contribution in [0.25, 0.3) is 0 Å². The minimum absolute atomic E-state index is 0.0296. The Balaban J connectivity index is 1.50. The van der Waals surface area contributed by atoms with Crippen LogP contribution in [0.15, 0.2) is 6.33 Å². The van der Waals surface area contributed by atoms with Gasteiger partial charge in [0.15, 0.2) is 5.82 Å². The molecule has 28 heavy (non-hydrogen) atoms. The summed E-state index contributed by atoms with van der Waals surface area (Å²) in [5.74, 6) is 0.727. The minimum Gasteiger partial charge on any atom is -0.364 e. The summed E-state index contributed by atoms with van der Waals surface area (Å²) in [4.78, 5) is 29.2. The number of carbonyl (C=O) groups is 2. The molecule has 2 amide bonds. The Bertz CT molecular complexity index is 694. The van der Waals surface area contributed by atoms with Crippen LogP contribution in [-0.2, 0) is 28.0 Å². The Morgan fingerprint density at radius 1 is 1.25 bits per heavy atom. The van der Waals surface area contributed by atoms with Crippen LogP contribution in [0, 0.1) is 11.3 Å². The smallest absolute Gasteiger partial charge is 0.246 e. The molecule has 0 aromatic carbocycles. The van der Waals surface area contributed by atoms with Gasteiger partial charge < -0.3 is 15.4 Å². The number of aromatic nitrogens is 3. The molecule has 1 atom stereocenters. The lowest BCUT2D eigenvalue weighted by atomic mass is 9.62. The lowest BCUT2D eigenvalue weighted by Gasteiger charge is -2.44. The van der Waals surface area contributed by atoms with E-state index >= 15 is 0 Å². The molecular weight excluding hydrogens is 358 g/mol. The van der Waals surface area contributed by atoms with Gasteiger partial charge in [0.1, 0.15) is 19.5 Å². The fourth-order valence-electron chi connectivity index (χ4n) is 4.32. The van der Waals surface area contributed by atoms with Crippen LogP contribution in [0.5, 0.6) is 0 Å². The molecule has 1 aromatic heterocycles. The predicted octanol–water partition coefficient (Wildman–Crippen LogP) is 1.70. The largest absolute Gasteiger partial charge is 0.364 e. The zero-order valence-corrected chi connectivity index (χ0v) is 17.3. The monoisotopic (exact) mass is 391 g/mol. The van der Waals surface area contributed by atoms with E-state index in [1.807, 2.05) is 0 Å². The van der Waals surface area contributed by atoms with E-state index in [9.17, 15) is 9.59 Å². The number of ether oxygens (including phenoxy) is 1. The molecule has 8 nitrogen and oxygen atoms in total. The van der Waals surface area contributed by atoms with E-state index in [-0.39, 0.29) is 41.9 Å². The van der Waals surface area contributed by atoms with Crippen molar-refractivity contribution in [1.29, 1.82) is 0 Å². The van der Waals surface area contributed by atoms with Gasteiger partial charge in [-0.3, -0.25) is 14.3 Å². The molecular formula is C20H33N5O3. The molecule has 1 aromatic rings. The van der Waals surface area contributed by atoms with Crippen LogP contribution < -0.4 is 10.6 Å². The lowest BCUT2D eigenvalue weighted by molar-refractivity contribution is -0.135. The average Bonchev–Trinajstić information content (AvgIpc) is 3.05. The van der Waals surface area contributed by atoms with Crippen molar-refractivity contribution < 1.29 is 14.3 Å². The molecule has 0 saturated heterocycles. The van der Waals surface area contributed by atoms with E-state index in [0.29, 0.717) is 12.4 Å². The Kier molecular flexibility index (Phi) is 6.37. The summed E-state index contributed by atoms with van der Waals surface area (Å²) >= 11 is 0. The van der Waals surface area contributed by atoms with E-state index < -0.39 is 0 Å². The molecule has 0 radical (unpaired) electrons. The highest BCUT2D eigenvalue weighted by Crippen LogP contribution is 2.45. The Labute approximate surface area is 166 Å². The van der Waals surface area contributed by atoms with E-state index in [1.165, 1.54) is 12.7 Å². The number of nitrogens with zero attached hydrogens (tertiary/aromatic N) is 3. The topological polar surface area (TPSA) is 98.1 Å². The Hall–Kier alpha value is -1.96. The van der Waals surface area contributed by atoms with Gasteiger partial charge in [-0.15, -0.1) is 0 Å². The number of aryl methyl sites for hydroxylation is 1. The van der Waals surface area contributed by atoms with Crippen LogP contribution in [0.2, 0.25) is 0 Å². The van der Waals surface area contributed by atoms with Gasteiger partial charge in [0.2, 0.25) is 11.8 Å². The highest BCUT2D eigenvalue weighted by molar-refractivity contribution is 5.81. The zero-order chi connectivity index (χ0) is 20.2. The standard InChI is InChI=1S/C20H33N5O3/c1-19(2)10-7-15(19)18(27)21-13-20(8-5-4-6-9-20)24-17(26)12-28-11-16-22-14-23-25(16)3/h14-15H,4-13H2,1-3H3,(H,21,27)(H,24,26). The molecule has 0 bridgehead atoms. The fourth-order valence-corrected chi connectivity index (χ4v) is 4.32. The third-order valence-corrected chi connectivity index (χ3v) is 6.42. The van der Waals surface area contributed by atoms with Crippen molar-refractivity contribution in [3.8, 4) is 0 Å². The van der Waals surface area contributed by atoms with Crippen molar-refractivity contribution in [3.05, 3.63) is 12.2 Å². The summed E-state index contributed by atoms with van der Waals surface area (Å²) in [6.45, 7) is 5.00. The number of carbonyl (C=O) groups excluding carboxylic acids is 2. The minimum atomic E-state index is -0.368. The number of amides is 2. The normalized spacial score (nSPS) is 22.9. The molecule has 2 saturated carbocycles. The molecule has 2 aliphatic rings. The summed E-state index contributed by atoms with van der Waals surface area (Å²) in [6.07, 6.45) is 8.57. The van der Waals surface area contributed by atoms with Gasteiger partial charge in [-0.05, 0) is 31.1 Å². The highest BCUT2D eigenvalue weighted by atomic mass is 16.5. The van der Waals surface area contributed by atoms with Gasteiger partial charge in [-0.1, -0.05) is 33.1 Å². The van der Waals surface area contributed by atoms with Gasteiger partial charge >= 0.3 is 0 Å². The molecule has 1 heterocycles. The quantitative estimate of drug-likeness (QED) is 0.703. The first kappa shape index (κ1) is 20.8. The van der Waals surface area contributed by atoms with Crippen molar-refractivity contribution in [2.45, 2.75) is 70.9 Å². The number of rotatable bonds is 8. The van der Waals surface area contributed by atoms with Gasteiger partial charge in [0.25, 0.3) is 0 Å². The van der Waals surface area contributed by atoms with E-state index in [2.05, 4.69) is 34.6 Å². The van der Waals surface area contributed by atoms with Crippen molar-refractivity contribution in [1.82, 2.24) is 25.4 Å². The van der Waals surface area contributed by atoms with Crippen LogP contribution >= 0.6 is 0 Å². The number of hydrogen-bond donors (Lipinski definition) is 2. The molecule has 156 valence electrons. The van der Waals surface area contributed by atoms with Crippen LogP contribution in [-0.4, -0.2) is 45.3 Å². The van der Waals surface area contributed by atoms with Crippen LogP contribution in [0.4, 0.5) is 0 Å². The molecule has 0 spiro atoms. The van der Waals surface area contributed by atoms with E-state index in [1.54, 1.807) is 11.7 Å². The lowest BCUT2D eigenvalue weighted by Crippen LogP contribution is -2.58. The summed E-state index contributed by atoms with van der Waals surface area (Å²) in [6, 6.07) is 0. The van der Waals surface area contributed by atoms with Gasteiger partial charge in [0, 0.05) is 19.5 Å². The SMILES string of the molecule is Cn1ncnc1COCC(=O)NC1(CNC(=O)C2CCC2(C)C)CCCCC1. The first-order valence-electron chi connectivity index (χ1n) is 10.3. The van der Waals surface area contributed by atoms with Crippen LogP contribution in [0.3, 0.4) is 0 Å². The van der Waals surface area contributed by atoms with Gasteiger partial charge in [-0.25, -0.2) is 4.98 Å². The van der Waals surface area contributed by atoms with E-state index in [0.717, 1.165) is 38.5 Å². The third-order valence-electron chi connectivity index (χ3n) is 6.42. The van der Waals surface area contributed by atoms with Crippen molar-refractivity contribution in [2.75, 3.05) is 13.2 Å². The molecule has 2 fully saturated rings. The van der Waals surface area contributed by atoms with Crippen LogP contribution in [0.1, 0.15) is 64.6 Å². The summed E-state index contributed by atoms with van der Waals surface area (Å²) in [7, 11) is 1.79. The van der Waals surface area contributed by atoms with Crippen molar-refractivity contribution in [3.63, 3.8) is 0 Å². The maximum atomic E-state index is 12.6. The van der Waals surface area contributed by atoms with Crippen molar-refractivity contribution in [2.24, 2.45) is 18.4 Å². The maximum Gasteiger partial charge on any atom is 0.246 e. The summed E-state index contributed by atoms with van der Waals surface area (Å²) < 4.78 is 7.13. The summed E-state index contributed by atoms with van der Waals surface area (Å²) in [5.41, 5.74) is -0.284. The Morgan fingerprint density at radius 3 is 2.57 bits per heavy atom. The van der Waals surface area contributed by atoms with Crippen molar-refractivity contribution >= 4 is 11.8 Å². The van der Waals surface area contributed by atoms with Gasteiger partial charge in [0.05, 0.1) is 5.54 Å². The second kappa shape index (κ2) is 8.59. The average molecular weight is 392 g/mol. The first-order chi connectivity index (χ1) is 13.3. The second-order valence-corrected chi connectivity index (χ2v) is 8.98. The first-order valence-corrected chi connectivity index (χ1v) is 10.3. The Morgan fingerprint density at radius 2 is 2.00 bits per heavy atom. The molecule has 0 aliphatic heterocycles. The summed E-state index contributed by atoms with van der Waals surface area (Å²) in [5, 5.41) is 10.3. The molecule has 1 unspecified atom stereocenters. The molecule has 8 heteroatoms. The highest BCUT2D eigenvalue weighted by Gasteiger charge is 2.44. The van der Waals surface area contributed by atoms with Gasteiger partial charge in [-0.2, -0.15) is 5.10 Å². The second-order valence-electron chi connectivity index (χ2n) is 8.98. The zero-order valence-electron chi connectivity index (χ0n) is 17.3. The number of nitrogens with one attached hydrogen (secondary N) is 2. The molecule has 2 N–H and O–H groups in total.